The Kier molecular flexibility index (Phi) is 4.91. The molecule has 25 heavy (non-hydrogen) atoms. The number of nitrogens with zero attached hydrogens (tertiary/aromatic N) is 2. The van der Waals surface area contributed by atoms with Crippen LogP contribution in [-0.4, -0.2) is 18.2 Å². The molecule has 0 bridgehead atoms. The van der Waals surface area contributed by atoms with Crippen LogP contribution in [-0.2, 0) is 16.6 Å². The molecular weight excluding hydrogens is 409 g/mol. The van der Waals surface area contributed by atoms with Crippen LogP contribution >= 0.6 is 15.9 Å². The predicted molar refractivity (Wildman–Crippen MR) is 97.4 cm³/mol. The van der Waals surface area contributed by atoms with E-state index in [0.717, 1.165) is 11.1 Å². The molecule has 0 aliphatic carbocycles. The summed E-state index contributed by atoms with van der Waals surface area (Å²) in [6.07, 6.45) is 1.66. The highest BCUT2D eigenvalue weighted by molar-refractivity contribution is 9.10. The predicted octanol–water partition coefficient (Wildman–Crippen LogP) is 3.94. The quantitative estimate of drug-likeness (QED) is 0.675. The number of sulfonamides is 1. The van der Waals surface area contributed by atoms with Crippen molar-refractivity contribution in [3.05, 3.63) is 76.1 Å². The first-order valence-electron chi connectivity index (χ1n) is 7.40. The van der Waals surface area contributed by atoms with Crippen LogP contribution in [0.25, 0.3) is 0 Å². The van der Waals surface area contributed by atoms with Crippen LogP contribution in [0.3, 0.4) is 0 Å². The number of aromatic nitrogens is 2. The Bertz CT molecular complexity index is 984. The first kappa shape index (κ1) is 17.6. The van der Waals surface area contributed by atoms with Crippen LogP contribution in [0.5, 0.6) is 0 Å². The molecule has 1 heterocycles. The highest BCUT2D eigenvalue weighted by atomic mass is 79.9. The van der Waals surface area contributed by atoms with Crippen LogP contribution < -0.4 is 4.72 Å². The minimum Gasteiger partial charge on any atom is -0.265 e. The summed E-state index contributed by atoms with van der Waals surface area (Å²) >= 11 is 3.31. The van der Waals surface area contributed by atoms with Crippen molar-refractivity contribution in [2.45, 2.75) is 18.4 Å². The van der Waals surface area contributed by atoms with Crippen molar-refractivity contribution in [1.29, 1.82) is 0 Å². The summed E-state index contributed by atoms with van der Waals surface area (Å²) in [6, 6.07) is 12.6. The average molecular weight is 424 g/mol. The smallest absolute Gasteiger partial charge is 0.263 e. The molecule has 8 heteroatoms. The summed E-state index contributed by atoms with van der Waals surface area (Å²) in [5.41, 5.74) is 1.83. The molecule has 0 aliphatic heterocycles. The third kappa shape index (κ3) is 4.26. The van der Waals surface area contributed by atoms with Gasteiger partial charge in [0.25, 0.3) is 10.0 Å². The van der Waals surface area contributed by atoms with Gasteiger partial charge in [-0.05, 0) is 52.7 Å². The molecule has 5 nitrogen and oxygen atoms in total. The molecule has 0 radical (unpaired) electrons. The van der Waals surface area contributed by atoms with Gasteiger partial charge in [-0.15, -0.1) is 0 Å². The van der Waals surface area contributed by atoms with E-state index in [0.29, 0.717) is 11.0 Å². The number of hydrogen-bond acceptors (Lipinski definition) is 3. The molecule has 2 aromatic carbocycles. The van der Waals surface area contributed by atoms with Crippen molar-refractivity contribution in [1.82, 2.24) is 9.78 Å². The normalized spacial score (nSPS) is 11.5. The zero-order valence-electron chi connectivity index (χ0n) is 13.3. The lowest BCUT2D eigenvalue weighted by Gasteiger charge is -2.06. The number of aryl methyl sites for hydroxylation is 1. The maximum absolute atomic E-state index is 13.0. The van der Waals surface area contributed by atoms with Crippen LogP contribution in [0.1, 0.15) is 11.1 Å². The molecule has 0 aliphatic rings. The van der Waals surface area contributed by atoms with Gasteiger partial charge >= 0.3 is 0 Å². The van der Waals surface area contributed by atoms with Crippen LogP contribution in [0.2, 0.25) is 0 Å². The van der Waals surface area contributed by atoms with Gasteiger partial charge in [-0.2, -0.15) is 5.10 Å². The highest BCUT2D eigenvalue weighted by Gasteiger charge is 2.18. The molecule has 3 rings (SSSR count). The second kappa shape index (κ2) is 6.97. The van der Waals surface area contributed by atoms with E-state index in [4.69, 9.17) is 0 Å². The van der Waals surface area contributed by atoms with Crippen molar-refractivity contribution in [2.24, 2.45) is 0 Å². The van der Waals surface area contributed by atoms with Crippen molar-refractivity contribution >= 4 is 31.8 Å². The van der Waals surface area contributed by atoms with E-state index in [1.54, 1.807) is 47.3 Å². The second-order valence-corrected chi connectivity index (χ2v) is 8.10. The number of anilines is 1. The van der Waals surface area contributed by atoms with Gasteiger partial charge in [0.2, 0.25) is 0 Å². The molecule has 1 N–H and O–H groups in total. The van der Waals surface area contributed by atoms with E-state index in [1.807, 2.05) is 6.92 Å². The van der Waals surface area contributed by atoms with E-state index in [1.165, 1.54) is 12.1 Å². The molecule has 0 unspecified atom stereocenters. The van der Waals surface area contributed by atoms with Gasteiger partial charge in [-0.25, -0.2) is 12.8 Å². The highest BCUT2D eigenvalue weighted by Crippen LogP contribution is 2.24. The topological polar surface area (TPSA) is 64.0 Å². The van der Waals surface area contributed by atoms with Crippen LogP contribution in [0, 0.1) is 12.7 Å². The molecule has 0 saturated heterocycles. The van der Waals surface area contributed by atoms with Gasteiger partial charge in [-0.3, -0.25) is 9.40 Å². The van der Waals surface area contributed by atoms with Gasteiger partial charge in [0.15, 0.2) is 5.82 Å². The number of benzene rings is 2. The van der Waals surface area contributed by atoms with E-state index in [-0.39, 0.29) is 16.5 Å². The Hall–Kier alpha value is -2.19. The third-order valence-corrected chi connectivity index (χ3v) is 5.47. The zero-order chi connectivity index (χ0) is 18.0. The summed E-state index contributed by atoms with van der Waals surface area (Å²) in [5, 5.41) is 4.24. The number of halogens is 2. The largest absolute Gasteiger partial charge is 0.265 e. The van der Waals surface area contributed by atoms with Crippen molar-refractivity contribution in [3.8, 4) is 0 Å². The summed E-state index contributed by atoms with van der Waals surface area (Å²) in [5.74, 6) is -0.111. The van der Waals surface area contributed by atoms with Crippen molar-refractivity contribution in [3.63, 3.8) is 0 Å². The zero-order valence-corrected chi connectivity index (χ0v) is 15.7. The number of nitrogens with one attached hydrogen (secondary N) is 1. The second-order valence-electron chi connectivity index (χ2n) is 5.57. The van der Waals surface area contributed by atoms with Crippen molar-refractivity contribution in [2.75, 3.05) is 4.72 Å². The molecule has 1 aromatic heterocycles. The van der Waals surface area contributed by atoms with Gasteiger partial charge in [0.05, 0.1) is 15.9 Å². The van der Waals surface area contributed by atoms with Crippen molar-refractivity contribution < 1.29 is 12.8 Å². The Balaban J connectivity index is 1.80. The molecule has 0 fully saturated rings. The molecule has 0 atom stereocenters. The number of hydrogen-bond donors (Lipinski definition) is 1. The molecule has 0 spiro atoms. The summed E-state index contributed by atoms with van der Waals surface area (Å²) in [7, 11) is -3.72. The molecule has 3 aromatic rings. The molecule has 130 valence electrons. The lowest BCUT2D eigenvalue weighted by atomic mass is 10.2. The van der Waals surface area contributed by atoms with E-state index < -0.39 is 10.0 Å². The standard InChI is InChI=1S/C17H15BrFN3O2S/c1-12-2-8-15(9-3-12)25(23,24)21-17-16(18)11-22(20-17)10-13-4-6-14(19)7-5-13/h2-9,11H,10H2,1H3,(H,20,21). The first-order valence-corrected chi connectivity index (χ1v) is 9.68. The lowest BCUT2D eigenvalue weighted by molar-refractivity contribution is 0.600. The Labute approximate surface area is 153 Å². The summed E-state index contributed by atoms with van der Waals surface area (Å²) in [4.78, 5) is 0.165. The maximum atomic E-state index is 13.0. The van der Waals surface area contributed by atoms with Crippen LogP contribution in [0.15, 0.2) is 64.1 Å². The molecule has 0 amide bonds. The first-order chi connectivity index (χ1) is 11.8. The van der Waals surface area contributed by atoms with E-state index in [9.17, 15) is 12.8 Å². The fourth-order valence-corrected chi connectivity index (χ4v) is 3.79. The molecule has 0 saturated carbocycles. The SMILES string of the molecule is Cc1ccc(S(=O)(=O)Nc2nn(Cc3ccc(F)cc3)cc2Br)cc1. The minimum atomic E-state index is -3.72. The Morgan fingerprint density at radius 1 is 1.12 bits per heavy atom. The van der Waals surface area contributed by atoms with Gasteiger partial charge in [-0.1, -0.05) is 29.8 Å². The lowest BCUT2D eigenvalue weighted by Crippen LogP contribution is -2.14. The van der Waals surface area contributed by atoms with E-state index in [2.05, 4.69) is 25.8 Å². The van der Waals surface area contributed by atoms with Gasteiger partial charge < -0.3 is 0 Å². The summed E-state index contributed by atoms with van der Waals surface area (Å²) in [6.45, 7) is 2.28. The molecular formula is C17H15BrFN3O2S. The monoisotopic (exact) mass is 423 g/mol. The minimum absolute atomic E-state index is 0.165. The fraction of sp³-hybridized carbons (Fsp3) is 0.118. The fourth-order valence-electron chi connectivity index (χ4n) is 2.23. The van der Waals surface area contributed by atoms with Gasteiger partial charge in [0.1, 0.15) is 5.82 Å². The third-order valence-electron chi connectivity index (χ3n) is 3.54. The maximum Gasteiger partial charge on any atom is 0.263 e. The van der Waals surface area contributed by atoms with E-state index >= 15 is 0 Å². The summed E-state index contributed by atoms with van der Waals surface area (Å²) < 4.78 is 42.4. The Morgan fingerprint density at radius 2 is 1.76 bits per heavy atom. The Morgan fingerprint density at radius 3 is 2.40 bits per heavy atom. The number of rotatable bonds is 5. The average Bonchev–Trinajstić information content (AvgIpc) is 2.89. The van der Waals surface area contributed by atoms with Crippen LogP contribution in [0.4, 0.5) is 10.2 Å². The van der Waals surface area contributed by atoms with Gasteiger partial charge in [0, 0.05) is 6.20 Å².